The summed E-state index contributed by atoms with van der Waals surface area (Å²) in [6.45, 7) is 6.90. The third kappa shape index (κ3) is 7.38. The van der Waals surface area contributed by atoms with Crippen LogP contribution in [0.4, 0.5) is 0 Å². The minimum Gasteiger partial charge on any atom is -0.382 e. The van der Waals surface area contributed by atoms with E-state index in [4.69, 9.17) is 4.74 Å². The number of likely N-dealkylation sites (tertiary alicyclic amines) is 1. The van der Waals surface area contributed by atoms with E-state index >= 15 is 0 Å². The maximum atomic E-state index is 5.37. The Hall–Kier alpha value is -0.820. The summed E-state index contributed by atoms with van der Waals surface area (Å²) < 4.78 is 5.37. The van der Waals surface area contributed by atoms with Gasteiger partial charge >= 0.3 is 0 Å². The van der Waals surface area contributed by atoms with Gasteiger partial charge < -0.3 is 15.0 Å². The summed E-state index contributed by atoms with van der Waals surface area (Å²) in [5.41, 5.74) is 1.44. The fraction of sp³-hybridized carbons (Fsp3) is 0.632. The molecule has 0 bridgehead atoms. The Labute approximate surface area is 164 Å². The highest BCUT2D eigenvalue weighted by Gasteiger charge is 2.24. The van der Waals surface area contributed by atoms with Gasteiger partial charge in [0.2, 0.25) is 0 Å². The Morgan fingerprint density at radius 2 is 2.08 bits per heavy atom. The van der Waals surface area contributed by atoms with Crippen molar-refractivity contribution in [2.24, 2.45) is 10.9 Å². The lowest BCUT2D eigenvalue weighted by atomic mass is 9.99. The molecule has 1 atom stereocenters. The van der Waals surface area contributed by atoms with Crippen LogP contribution in [0.2, 0.25) is 0 Å². The number of benzene rings is 1. The second-order valence-electron chi connectivity index (χ2n) is 6.17. The molecule has 0 aromatic heterocycles. The number of nitrogens with one attached hydrogen (secondary N) is 1. The summed E-state index contributed by atoms with van der Waals surface area (Å²) in [5, 5.41) is 3.49. The number of ether oxygens (including phenoxy) is 1. The largest absolute Gasteiger partial charge is 0.382 e. The Morgan fingerprint density at radius 1 is 1.29 bits per heavy atom. The molecule has 136 valence electrons. The van der Waals surface area contributed by atoms with Crippen LogP contribution in [0, 0.1) is 5.92 Å². The van der Waals surface area contributed by atoms with Gasteiger partial charge in [-0.2, -0.15) is 0 Å². The van der Waals surface area contributed by atoms with Gasteiger partial charge in [-0.3, -0.25) is 4.99 Å². The van der Waals surface area contributed by atoms with Crippen molar-refractivity contribution in [3.8, 4) is 0 Å². The highest BCUT2D eigenvalue weighted by molar-refractivity contribution is 14.0. The zero-order valence-corrected chi connectivity index (χ0v) is 17.4. The second-order valence-corrected chi connectivity index (χ2v) is 6.17. The van der Waals surface area contributed by atoms with Crippen LogP contribution in [0.25, 0.3) is 0 Å². The summed E-state index contributed by atoms with van der Waals surface area (Å²) in [5.74, 6) is 1.78. The molecular weight excluding hydrogens is 413 g/mol. The standard InChI is InChI=1S/C19H31N3O.HI/c1-3-23-14-8-7-12-21-19(20-2)22-13-11-18(16-22)15-17-9-5-4-6-10-17;/h4-6,9-10,18H,3,7-8,11-16H2,1-2H3,(H,20,21);1H. The van der Waals surface area contributed by atoms with Gasteiger partial charge in [0.1, 0.15) is 0 Å². The van der Waals surface area contributed by atoms with E-state index in [9.17, 15) is 0 Å². The van der Waals surface area contributed by atoms with Crippen LogP contribution in [-0.4, -0.2) is 50.8 Å². The summed E-state index contributed by atoms with van der Waals surface area (Å²) >= 11 is 0. The summed E-state index contributed by atoms with van der Waals surface area (Å²) in [4.78, 5) is 6.84. The number of rotatable bonds is 8. The number of unbranched alkanes of at least 4 members (excludes halogenated alkanes) is 1. The zero-order valence-electron chi connectivity index (χ0n) is 15.0. The van der Waals surface area contributed by atoms with Gasteiger partial charge in [0.25, 0.3) is 0 Å². The topological polar surface area (TPSA) is 36.9 Å². The fourth-order valence-corrected chi connectivity index (χ4v) is 3.15. The van der Waals surface area contributed by atoms with Crippen LogP contribution >= 0.6 is 24.0 Å². The smallest absolute Gasteiger partial charge is 0.193 e. The Kier molecular flexibility index (Phi) is 11.1. The first-order valence-corrected chi connectivity index (χ1v) is 8.90. The first kappa shape index (κ1) is 21.2. The molecule has 2 rings (SSSR count). The quantitative estimate of drug-likeness (QED) is 0.288. The van der Waals surface area contributed by atoms with Gasteiger partial charge in [-0.1, -0.05) is 30.3 Å². The molecule has 1 saturated heterocycles. The molecule has 4 nitrogen and oxygen atoms in total. The van der Waals surface area contributed by atoms with Crippen molar-refractivity contribution in [2.45, 2.75) is 32.6 Å². The molecule has 1 unspecified atom stereocenters. The number of hydrogen-bond donors (Lipinski definition) is 1. The van der Waals surface area contributed by atoms with Crippen LogP contribution in [0.5, 0.6) is 0 Å². The SMILES string of the molecule is CCOCCCCNC(=NC)N1CCC(Cc2ccccc2)C1.I. The minimum atomic E-state index is 0. The van der Waals surface area contributed by atoms with E-state index in [1.165, 1.54) is 18.4 Å². The molecular formula is C19H32IN3O. The van der Waals surface area contributed by atoms with Gasteiger partial charge in [0, 0.05) is 39.9 Å². The molecule has 1 aliphatic rings. The average Bonchev–Trinajstić information content (AvgIpc) is 3.03. The first-order valence-electron chi connectivity index (χ1n) is 8.90. The molecule has 5 heteroatoms. The molecule has 24 heavy (non-hydrogen) atoms. The molecule has 1 aromatic rings. The van der Waals surface area contributed by atoms with Crippen molar-refractivity contribution in [3.05, 3.63) is 35.9 Å². The molecule has 1 fully saturated rings. The fourth-order valence-electron chi connectivity index (χ4n) is 3.15. The molecule has 0 radical (unpaired) electrons. The monoisotopic (exact) mass is 445 g/mol. The van der Waals surface area contributed by atoms with Crippen LogP contribution in [0.3, 0.4) is 0 Å². The number of halogens is 1. The van der Waals surface area contributed by atoms with E-state index < -0.39 is 0 Å². The summed E-state index contributed by atoms with van der Waals surface area (Å²) in [7, 11) is 1.88. The van der Waals surface area contributed by atoms with Gasteiger partial charge in [-0.15, -0.1) is 24.0 Å². The molecule has 0 amide bonds. The molecule has 1 aromatic carbocycles. The molecule has 0 aliphatic carbocycles. The molecule has 0 spiro atoms. The van der Waals surface area contributed by atoms with Gasteiger partial charge in [0.05, 0.1) is 0 Å². The lowest BCUT2D eigenvalue weighted by Gasteiger charge is -2.21. The molecule has 1 N–H and O–H groups in total. The van der Waals surface area contributed by atoms with Crippen molar-refractivity contribution in [3.63, 3.8) is 0 Å². The van der Waals surface area contributed by atoms with Crippen molar-refractivity contribution in [2.75, 3.05) is 39.9 Å². The first-order chi connectivity index (χ1) is 11.3. The van der Waals surface area contributed by atoms with E-state index in [0.29, 0.717) is 0 Å². The normalized spacial score (nSPS) is 17.7. The number of aliphatic imine (C=N–C) groups is 1. The Morgan fingerprint density at radius 3 is 2.79 bits per heavy atom. The highest BCUT2D eigenvalue weighted by Crippen LogP contribution is 2.20. The van der Waals surface area contributed by atoms with Crippen molar-refractivity contribution >= 4 is 29.9 Å². The minimum absolute atomic E-state index is 0. The summed E-state index contributed by atoms with van der Waals surface area (Å²) in [6.07, 6.45) is 4.65. The third-order valence-electron chi connectivity index (χ3n) is 4.37. The van der Waals surface area contributed by atoms with E-state index in [-0.39, 0.29) is 24.0 Å². The van der Waals surface area contributed by atoms with E-state index in [1.807, 2.05) is 14.0 Å². The predicted octanol–water partition coefficient (Wildman–Crippen LogP) is 3.56. The zero-order chi connectivity index (χ0) is 16.3. The van der Waals surface area contributed by atoms with Crippen molar-refractivity contribution < 1.29 is 4.74 Å². The van der Waals surface area contributed by atoms with Crippen LogP contribution in [0.1, 0.15) is 31.7 Å². The second kappa shape index (κ2) is 12.5. The lowest BCUT2D eigenvalue weighted by molar-refractivity contribution is 0.143. The predicted molar refractivity (Wildman–Crippen MR) is 112 cm³/mol. The van der Waals surface area contributed by atoms with Gasteiger partial charge in [0.15, 0.2) is 5.96 Å². The van der Waals surface area contributed by atoms with Crippen LogP contribution in [-0.2, 0) is 11.2 Å². The van der Waals surface area contributed by atoms with Gasteiger partial charge in [-0.05, 0) is 44.1 Å². The van der Waals surface area contributed by atoms with Crippen molar-refractivity contribution in [1.29, 1.82) is 0 Å². The number of guanidine groups is 1. The summed E-state index contributed by atoms with van der Waals surface area (Å²) in [6, 6.07) is 10.8. The highest BCUT2D eigenvalue weighted by atomic mass is 127. The van der Waals surface area contributed by atoms with E-state index in [2.05, 4.69) is 45.5 Å². The number of hydrogen-bond acceptors (Lipinski definition) is 2. The lowest BCUT2D eigenvalue weighted by Crippen LogP contribution is -2.40. The van der Waals surface area contributed by atoms with E-state index in [1.54, 1.807) is 0 Å². The molecule has 0 saturated carbocycles. The third-order valence-corrected chi connectivity index (χ3v) is 4.37. The van der Waals surface area contributed by atoms with Crippen LogP contribution < -0.4 is 5.32 Å². The number of nitrogens with zero attached hydrogens (tertiary/aromatic N) is 2. The van der Waals surface area contributed by atoms with E-state index in [0.717, 1.165) is 57.6 Å². The maximum absolute atomic E-state index is 5.37. The van der Waals surface area contributed by atoms with Crippen LogP contribution in [0.15, 0.2) is 35.3 Å². The maximum Gasteiger partial charge on any atom is 0.193 e. The molecule has 1 heterocycles. The molecule has 1 aliphatic heterocycles. The van der Waals surface area contributed by atoms with Gasteiger partial charge in [-0.25, -0.2) is 0 Å². The Balaban J connectivity index is 0.00000288. The average molecular weight is 445 g/mol. The Bertz CT molecular complexity index is 467. The van der Waals surface area contributed by atoms with Crippen molar-refractivity contribution in [1.82, 2.24) is 10.2 Å².